The van der Waals surface area contributed by atoms with E-state index in [1.165, 1.54) is 24.3 Å². The molecule has 2 N–H and O–H groups in total. The number of nitro groups is 1. The maximum Gasteiger partial charge on any atom is 0.276 e. The number of amides is 2. The highest BCUT2D eigenvalue weighted by molar-refractivity contribution is 6.30. The quantitative estimate of drug-likeness (QED) is 0.634. The van der Waals surface area contributed by atoms with Gasteiger partial charge in [0.25, 0.3) is 17.5 Å². The molecule has 0 radical (unpaired) electrons. The van der Waals surface area contributed by atoms with Gasteiger partial charge in [0.2, 0.25) is 0 Å². The summed E-state index contributed by atoms with van der Waals surface area (Å²) in [5, 5.41) is 11.1. The third kappa shape index (κ3) is 4.96. The highest BCUT2D eigenvalue weighted by Gasteiger charge is 2.10. The summed E-state index contributed by atoms with van der Waals surface area (Å²) in [5.41, 5.74) is 4.39. The van der Waals surface area contributed by atoms with Crippen LogP contribution >= 0.6 is 11.6 Å². The lowest BCUT2D eigenvalue weighted by Crippen LogP contribution is -2.43. The van der Waals surface area contributed by atoms with Gasteiger partial charge in [-0.1, -0.05) is 11.6 Å². The van der Waals surface area contributed by atoms with E-state index in [2.05, 4.69) is 10.9 Å². The Hall–Kier alpha value is -3.13. The van der Waals surface area contributed by atoms with Gasteiger partial charge < -0.3 is 4.74 Å². The summed E-state index contributed by atoms with van der Waals surface area (Å²) in [4.78, 5) is 33.3. The van der Waals surface area contributed by atoms with E-state index in [0.29, 0.717) is 10.8 Å². The number of ether oxygens (including phenoxy) is 1. The predicted molar refractivity (Wildman–Crippen MR) is 85.7 cm³/mol. The Bertz CT molecular complexity index is 747. The van der Waals surface area contributed by atoms with Crippen LogP contribution in [0.3, 0.4) is 0 Å². The Morgan fingerprint density at radius 1 is 1.04 bits per heavy atom. The lowest BCUT2D eigenvalue weighted by molar-refractivity contribution is -0.384. The van der Waals surface area contributed by atoms with Gasteiger partial charge in [-0.3, -0.25) is 30.6 Å². The number of halogens is 1. The van der Waals surface area contributed by atoms with Crippen LogP contribution in [0.4, 0.5) is 5.69 Å². The number of hydrazine groups is 1. The van der Waals surface area contributed by atoms with Crippen molar-refractivity contribution < 1.29 is 19.2 Å². The topological polar surface area (TPSA) is 111 Å². The molecule has 2 rings (SSSR count). The van der Waals surface area contributed by atoms with Crippen LogP contribution in [-0.4, -0.2) is 23.3 Å². The van der Waals surface area contributed by atoms with Crippen molar-refractivity contribution in [1.29, 1.82) is 0 Å². The van der Waals surface area contributed by atoms with Crippen LogP contribution in [-0.2, 0) is 4.79 Å². The maximum atomic E-state index is 11.8. The minimum Gasteiger partial charge on any atom is -0.484 e. The van der Waals surface area contributed by atoms with Gasteiger partial charge >= 0.3 is 0 Å². The molecule has 0 bridgehead atoms. The van der Waals surface area contributed by atoms with Crippen molar-refractivity contribution >= 4 is 29.1 Å². The molecule has 8 nitrogen and oxygen atoms in total. The van der Waals surface area contributed by atoms with Crippen molar-refractivity contribution in [3.8, 4) is 5.75 Å². The fraction of sp³-hybridized carbons (Fsp3) is 0.0667. The molecule has 0 aliphatic heterocycles. The highest BCUT2D eigenvalue weighted by Crippen LogP contribution is 2.15. The summed E-state index contributed by atoms with van der Waals surface area (Å²) in [6, 6.07) is 11.4. The van der Waals surface area contributed by atoms with Crippen LogP contribution < -0.4 is 15.6 Å². The monoisotopic (exact) mass is 349 g/mol. The Morgan fingerprint density at radius 2 is 1.67 bits per heavy atom. The molecule has 0 atom stereocenters. The zero-order valence-electron chi connectivity index (χ0n) is 12.2. The van der Waals surface area contributed by atoms with E-state index in [4.69, 9.17) is 16.3 Å². The number of hydrogen-bond acceptors (Lipinski definition) is 5. The van der Waals surface area contributed by atoms with E-state index >= 15 is 0 Å². The number of hydrogen-bond donors (Lipinski definition) is 2. The first kappa shape index (κ1) is 17.2. The summed E-state index contributed by atoms with van der Waals surface area (Å²) in [6.45, 7) is -0.303. The molecule has 2 amide bonds. The lowest BCUT2D eigenvalue weighted by Gasteiger charge is -2.08. The van der Waals surface area contributed by atoms with E-state index in [0.717, 1.165) is 0 Å². The molecule has 9 heteroatoms. The smallest absolute Gasteiger partial charge is 0.276 e. The van der Waals surface area contributed by atoms with E-state index in [-0.39, 0.29) is 17.9 Å². The van der Waals surface area contributed by atoms with E-state index < -0.39 is 16.7 Å². The van der Waals surface area contributed by atoms with Gasteiger partial charge in [0.1, 0.15) is 5.75 Å². The van der Waals surface area contributed by atoms with Gasteiger partial charge in [-0.25, -0.2) is 0 Å². The molecule has 0 spiro atoms. The molecule has 0 aliphatic rings. The molecular formula is C15H12ClN3O5. The Balaban J connectivity index is 1.79. The van der Waals surface area contributed by atoms with Gasteiger partial charge in [-0.2, -0.15) is 0 Å². The zero-order chi connectivity index (χ0) is 17.5. The van der Waals surface area contributed by atoms with Crippen molar-refractivity contribution in [1.82, 2.24) is 10.9 Å². The fourth-order valence-electron chi connectivity index (χ4n) is 1.65. The summed E-state index contributed by atoms with van der Waals surface area (Å²) in [5.74, 6) is -0.721. The average molecular weight is 350 g/mol. The lowest BCUT2D eigenvalue weighted by atomic mass is 10.2. The van der Waals surface area contributed by atoms with Crippen LogP contribution in [0.15, 0.2) is 48.5 Å². The number of nitrogens with zero attached hydrogens (tertiary/aromatic N) is 1. The third-order valence-corrected chi connectivity index (χ3v) is 3.09. The fourth-order valence-corrected chi connectivity index (χ4v) is 1.77. The summed E-state index contributed by atoms with van der Waals surface area (Å²) < 4.78 is 5.21. The minimum atomic E-state index is -0.607. The van der Waals surface area contributed by atoms with Gasteiger partial charge in [0.05, 0.1) is 4.92 Å². The standard InChI is InChI=1S/C15H12ClN3O5/c16-11-3-7-13(8-4-11)24-9-14(20)17-18-15(21)10-1-5-12(6-2-10)19(22)23/h1-8H,9H2,(H,17,20)(H,18,21). The van der Waals surface area contributed by atoms with E-state index in [1.807, 2.05) is 0 Å². The predicted octanol–water partition coefficient (Wildman–Crippen LogP) is 2.09. The average Bonchev–Trinajstić information content (AvgIpc) is 2.59. The molecular weight excluding hydrogens is 338 g/mol. The van der Waals surface area contributed by atoms with Gasteiger partial charge in [-0.05, 0) is 36.4 Å². The number of benzene rings is 2. The number of rotatable bonds is 5. The Kier molecular flexibility index (Phi) is 5.69. The summed E-state index contributed by atoms with van der Waals surface area (Å²) >= 11 is 5.72. The molecule has 0 saturated heterocycles. The molecule has 0 fully saturated rings. The Morgan fingerprint density at radius 3 is 2.25 bits per heavy atom. The molecule has 0 heterocycles. The second kappa shape index (κ2) is 7.93. The number of nitrogens with one attached hydrogen (secondary N) is 2. The van der Waals surface area contributed by atoms with Gasteiger partial charge in [0, 0.05) is 22.7 Å². The second-order valence-corrected chi connectivity index (χ2v) is 4.99. The first-order chi connectivity index (χ1) is 11.5. The first-order valence-corrected chi connectivity index (χ1v) is 7.05. The largest absolute Gasteiger partial charge is 0.484 e. The van der Waals surface area contributed by atoms with Crippen LogP contribution in [0.25, 0.3) is 0 Å². The first-order valence-electron chi connectivity index (χ1n) is 6.68. The van der Waals surface area contributed by atoms with Crippen molar-refractivity contribution in [2.75, 3.05) is 6.61 Å². The van der Waals surface area contributed by atoms with Gasteiger partial charge in [0.15, 0.2) is 6.61 Å². The maximum absolute atomic E-state index is 11.8. The van der Waals surface area contributed by atoms with Crippen LogP contribution in [0.1, 0.15) is 10.4 Å². The van der Waals surface area contributed by atoms with Crippen molar-refractivity contribution in [2.24, 2.45) is 0 Å². The minimum absolute atomic E-state index is 0.132. The van der Waals surface area contributed by atoms with Gasteiger partial charge in [-0.15, -0.1) is 0 Å². The van der Waals surface area contributed by atoms with E-state index in [1.54, 1.807) is 24.3 Å². The van der Waals surface area contributed by atoms with Crippen molar-refractivity contribution in [3.05, 3.63) is 69.2 Å². The molecule has 0 saturated carbocycles. The molecule has 0 unspecified atom stereocenters. The molecule has 24 heavy (non-hydrogen) atoms. The van der Waals surface area contributed by atoms with E-state index in [9.17, 15) is 19.7 Å². The molecule has 2 aromatic carbocycles. The van der Waals surface area contributed by atoms with Crippen molar-refractivity contribution in [3.63, 3.8) is 0 Å². The SMILES string of the molecule is O=C(COc1ccc(Cl)cc1)NNC(=O)c1ccc([N+](=O)[O-])cc1. The molecule has 0 aromatic heterocycles. The molecule has 2 aromatic rings. The normalized spacial score (nSPS) is 9.88. The van der Waals surface area contributed by atoms with Crippen molar-refractivity contribution in [2.45, 2.75) is 0 Å². The Labute approximate surface area is 141 Å². The number of non-ortho nitro benzene ring substituents is 1. The number of carbonyl (C=O) groups excluding carboxylic acids is 2. The summed E-state index contributed by atoms with van der Waals surface area (Å²) in [6.07, 6.45) is 0. The number of nitro benzene ring substituents is 1. The highest BCUT2D eigenvalue weighted by atomic mass is 35.5. The van der Waals surface area contributed by atoms with Crippen LogP contribution in [0.5, 0.6) is 5.75 Å². The van der Waals surface area contributed by atoms with Crippen LogP contribution in [0.2, 0.25) is 5.02 Å². The second-order valence-electron chi connectivity index (χ2n) is 4.55. The molecule has 0 aliphatic carbocycles. The number of carbonyl (C=O) groups is 2. The molecule has 124 valence electrons. The zero-order valence-corrected chi connectivity index (χ0v) is 12.9. The van der Waals surface area contributed by atoms with Crippen LogP contribution in [0, 0.1) is 10.1 Å². The third-order valence-electron chi connectivity index (χ3n) is 2.84. The summed E-state index contributed by atoms with van der Waals surface area (Å²) in [7, 11) is 0.